The number of anilines is 4. The summed E-state index contributed by atoms with van der Waals surface area (Å²) in [5.41, 5.74) is 6.83. The van der Waals surface area contributed by atoms with Crippen molar-refractivity contribution in [2.45, 2.75) is 44.3 Å². The van der Waals surface area contributed by atoms with Crippen molar-refractivity contribution >= 4 is 71.0 Å². The molecule has 2 fully saturated rings. The van der Waals surface area contributed by atoms with E-state index in [9.17, 15) is 9.59 Å². The highest BCUT2D eigenvalue weighted by Gasteiger charge is 2.29. The third-order valence-corrected chi connectivity index (χ3v) is 11.0. The van der Waals surface area contributed by atoms with E-state index in [0.717, 1.165) is 67.3 Å². The summed E-state index contributed by atoms with van der Waals surface area (Å²) in [6, 6.07) is 4.33. The number of rotatable bonds is 6. The molecule has 2 atom stereocenters. The normalized spacial score (nSPS) is 20.9. The summed E-state index contributed by atoms with van der Waals surface area (Å²) in [6.07, 6.45) is 6.35. The lowest BCUT2D eigenvalue weighted by molar-refractivity contribution is -0.427. The maximum atomic E-state index is 12.9. The van der Waals surface area contributed by atoms with Gasteiger partial charge in [-0.05, 0) is 24.5 Å². The van der Waals surface area contributed by atoms with Crippen LogP contribution in [-0.4, -0.2) is 54.3 Å². The SMILES string of the molecule is [NH3+][C@@H]1CCCC[C@@H]1Nc1cc2c(c(Nc3cnc(-c4csc5c(=O)cc(N6CCOCC6)sc45)s3)n1)C(=O)NC2. The first-order valence-corrected chi connectivity index (χ1v) is 16.1. The molecule has 4 aromatic rings. The van der Waals surface area contributed by atoms with Gasteiger partial charge in [-0.3, -0.25) is 9.59 Å². The quantitative estimate of drug-likeness (QED) is 0.265. The summed E-state index contributed by atoms with van der Waals surface area (Å²) in [7, 11) is 0. The van der Waals surface area contributed by atoms with E-state index in [1.165, 1.54) is 35.5 Å². The summed E-state index contributed by atoms with van der Waals surface area (Å²) < 4.78 is 7.20. The molecule has 1 aliphatic carbocycles. The molecule has 1 saturated carbocycles. The van der Waals surface area contributed by atoms with Crippen LogP contribution in [0.25, 0.3) is 20.0 Å². The van der Waals surface area contributed by atoms with Crippen molar-refractivity contribution in [2.24, 2.45) is 0 Å². The third-order valence-electron chi connectivity index (χ3n) is 7.74. The highest BCUT2D eigenvalue weighted by atomic mass is 32.1. The van der Waals surface area contributed by atoms with Gasteiger partial charge in [0.2, 0.25) is 0 Å². The average Bonchev–Trinajstić information content (AvgIpc) is 3.69. The van der Waals surface area contributed by atoms with E-state index in [1.807, 2.05) is 11.4 Å². The summed E-state index contributed by atoms with van der Waals surface area (Å²) in [4.78, 5) is 37.4. The predicted molar refractivity (Wildman–Crippen MR) is 161 cm³/mol. The van der Waals surface area contributed by atoms with Gasteiger partial charge in [-0.15, -0.1) is 22.7 Å². The molecule has 208 valence electrons. The Kier molecular flexibility index (Phi) is 6.92. The van der Waals surface area contributed by atoms with Crippen LogP contribution in [0, 0.1) is 0 Å². The molecule has 0 unspecified atom stereocenters. The summed E-state index contributed by atoms with van der Waals surface area (Å²) in [6.45, 7) is 3.38. The van der Waals surface area contributed by atoms with E-state index in [2.05, 4.69) is 26.6 Å². The zero-order chi connectivity index (χ0) is 27.2. The number of quaternary nitrogens is 1. The molecule has 6 N–H and O–H groups in total. The Labute approximate surface area is 242 Å². The number of thiophene rings is 1. The highest BCUT2D eigenvalue weighted by Crippen LogP contribution is 2.41. The molecule has 13 heteroatoms. The molecular weight excluding hydrogens is 567 g/mol. The number of amides is 1. The van der Waals surface area contributed by atoms with Gasteiger partial charge in [0.15, 0.2) is 5.43 Å². The lowest BCUT2D eigenvalue weighted by Gasteiger charge is -2.28. The number of nitrogens with one attached hydrogen (secondary N) is 3. The van der Waals surface area contributed by atoms with Gasteiger partial charge in [0.25, 0.3) is 5.91 Å². The number of ether oxygens (including phenoxy) is 1. The molecular formula is C27H30N7O3S3+. The molecule has 7 rings (SSSR count). The first-order chi connectivity index (χ1) is 19.5. The molecule has 0 bridgehead atoms. The largest absolute Gasteiger partial charge is 0.378 e. The van der Waals surface area contributed by atoms with Crippen LogP contribution in [0.1, 0.15) is 41.6 Å². The molecule has 1 amide bonds. The highest BCUT2D eigenvalue weighted by molar-refractivity contribution is 7.29. The summed E-state index contributed by atoms with van der Waals surface area (Å²) in [5, 5.41) is 14.5. The van der Waals surface area contributed by atoms with E-state index in [-0.39, 0.29) is 17.4 Å². The van der Waals surface area contributed by atoms with Crippen LogP contribution < -0.4 is 32.0 Å². The van der Waals surface area contributed by atoms with Gasteiger partial charge < -0.3 is 31.3 Å². The van der Waals surface area contributed by atoms with Crippen molar-refractivity contribution in [3.63, 3.8) is 0 Å². The standard InChI is InChI=1S/C27H29N7O3S3/c28-16-3-1-2-4-17(16)31-19-9-14-11-29-26(36)22(14)25(32-19)33-20-12-30-27(39-20)15-13-38-24-18(35)10-21(40-23(15)24)34-5-7-37-8-6-34/h9-10,12-13,16-17H,1-8,11,28H2,(H,29,36)(H2,31,32,33)/p+1/t16-,17+/m1/s1. The van der Waals surface area contributed by atoms with Crippen LogP contribution in [0.2, 0.25) is 0 Å². The third kappa shape index (κ3) is 4.85. The Bertz CT molecular complexity index is 1640. The smallest absolute Gasteiger partial charge is 0.255 e. The number of carbonyl (C=O) groups is 1. The minimum atomic E-state index is -0.127. The summed E-state index contributed by atoms with van der Waals surface area (Å²) >= 11 is 4.58. The molecule has 6 heterocycles. The van der Waals surface area contributed by atoms with E-state index < -0.39 is 0 Å². The van der Waals surface area contributed by atoms with Crippen LogP contribution in [0.3, 0.4) is 0 Å². The minimum Gasteiger partial charge on any atom is -0.378 e. The number of fused-ring (bicyclic) bond motifs is 2. The van der Waals surface area contributed by atoms with E-state index >= 15 is 0 Å². The molecule has 1 saturated heterocycles. The maximum absolute atomic E-state index is 12.9. The fraction of sp³-hybridized carbons (Fsp3) is 0.407. The van der Waals surface area contributed by atoms with Crippen LogP contribution in [0.5, 0.6) is 0 Å². The summed E-state index contributed by atoms with van der Waals surface area (Å²) in [5.74, 6) is 1.15. The Hall–Kier alpha value is -3.10. The number of thiazole rings is 1. The number of hydrogen-bond acceptors (Lipinski definition) is 11. The van der Waals surface area contributed by atoms with Gasteiger partial charge >= 0.3 is 0 Å². The molecule has 0 radical (unpaired) electrons. The molecule has 40 heavy (non-hydrogen) atoms. The Morgan fingerprint density at radius 1 is 1.10 bits per heavy atom. The van der Waals surface area contributed by atoms with Gasteiger partial charge in [0.1, 0.15) is 27.7 Å². The number of carbonyl (C=O) groups excluding carboxylic acids is 1. The van der Waals surface area contributed by atoms with E-state index in [1.54, 1.807) is 23.6 Å². The monoisotopic (exact) mass is 596 g/mol. The first kappa shape index (κ1) is 25.8. The Morgan fingerprint density at radius 3 is 2.80 bits per heavy atom. The fourth-order valence-electron chi connectivity index (χ4n) is 5.60. The van der Waals surface area contributed by atoms with Crippen molar-refractivity contribution in [1.29, 1.82) is 0 Å². The van der Waals surface area contributed by atoms with Crippen molar-refractivity contribution in [2.75, 3.05) is 41.8 Å². The number of hydrogen-bond donors (Lipinski definition) is 4. The van der Waals surface area contributed by atoms with Crippen molar-refractivity contribution in [3.05, 3.63) is 45.1 Å². The second-order valence-corrected chi connectivity index (χ2v) is 13.3. The molecule has 2 aliphatic heterocycles. The molecule has 10 nitrogen and oxygen atoms in total. The van der Waals surface area contributed by atoms with Crippen molar-refractivity contribution in [3.8, 4) is 10.6 Å². The zero-order valence-electron chi connectivity index (χ0n) is 21.8. The molecule has 0 aromatic carbocycles. The van der Waals surface area contributed by atoms with Gasteiger partial charge in [-0.2, -0.15) is 0 Å². The van der Waals surface area contributed by atoms with Crippen LogP contribution in [0.4, 0.5) is 21.6 Å². The van der Waals surface area contributed by atoms with Gasteiger partial charge in [-0.25, -0.2) is 9.97 Å². The number of pyridine rings is 1. The van der Waals surface area contributed by atoms with Gasteiger partial charge in [-0.1, -0.05) is 17.8 Å². The predicted octanol–water partition coefficient (Wildman–Crippen LogP) is 3.63. The Balaban J connectivity index is 1.19. The molecule has 3 aliphatic rings. The maximum Gasteiger partial charge on any atom is 0.255 e. The second-order valence-electron chi connectivity index (χ2n) is 10.4. The minimum absolute atomic E-state index is 0.0407. The van der Waals surface area contributed by atoms with E-state index in [4.69, 9.17) is 14.7 Å². The average molecular weight is 597 g/mol. The number of aromatic nitrogens is 2. The van der Waals surface area contributed by atoms with Crippen molar-refractivity contribution in [1.82, 2.24) is 15.3 Å². The van der Waals surface area contributed by atoms with Crippen LogP contribution in [0.15, 0.2) is 28.5 Å². The zero-order valence-corrected chi connectivity index (χ0v) is 24.3. The van der Waals surface area contributed by atoms with Gasteiger partial charge in [0.05, 0.1) is 45.4 Å². The lowest BCUT2D eigenvalue weighted by Crippen LogP contribution is -2.68. The van der Waals surface area contributed by atoms with E-state index in [0.29, 0.717) is 37.2 Å². The molecule has 0 spiro atoms. The number of morpholine rings is 1. The van der Waals surface area contributed by atoms with Crippen LogP contribution in [-0.2, 0) is 11.3 Å². The second kappa shape index (κ2) is 10.7. The molecule has 4 aromatic heterocycles. The van der Waals surface area contributed by atoms with Crippen LogP contribution >= 0.6 is 34.0 Å². The number of nitrogens with zero attached hydrogens (tertiary/aromatic N) is 3. The van der Waals surface area contributed by atoms with Crippen molar-refractivity contribution < 1.29 is 15.3 Å². The topological polar surface area (TPSA) is 136 Å². The first-order valence-electron chi connectivity index (χ1n) is 13.6. The Morgan fingerprint density at radius 2 is 1.95 bits per heavy atom. The van der Waals surface area contributed by atoms with Gasteiger partial charge in [0, 0.05) is 43.1 Å². The lowest BCUT2D eigenvalue weighted by atomic mass is 9.91. The fourth-order valence-corrected chi connectivity index (χ4v) is 8.92.